The van der Waals surface area contributed by atoms with Gasteiger partial charge in [0.05, 0.1) is 25.4 Å². The Hall–Kier alpha value is -1.66. The standard InChI is InChI=1S/C83H161NO5/c1-3-5-7-9-11-13-15-17-19-21-23-40-43-47-51-55-59-63-67-71-75-81(86)80(79-85)84-82(87)76-72-68-64-60-56-52-48-44-41-37-35-33-31-29-27-25-24-26-28-30-32-34-36-38-42-46-50-54-58-62-66-70-74-78-89-83(88)77-73-69-65-61-57-53-49-45-39-22-20-18-16-14-12-10-8-6-4-2/h18,20,28,30,80-81,85-86H,3-17,19,21-27,29,31-79H2,1-2H3,(H,84,87)/b20-18-,30-28-. The highest BCUT2D eigenvalue weighted by atomic mass is 16.5. The maximum atomic E-state index is 12.6. The van der Waals surface area contributed by atoms with Gasteiger partial charge in [0.1, 0.15) is 0 Å². The van der Waals surface area contributed by atoms with Crippen molar-refractivity contribution in [1.82, 2.24) is 5.32 Å². The molecule has 3 N–H and O–H groups in total. The first kappa shape index (κ1) is 87.3. The third-order valence-electron chi connectivity index (χ3n) is 19.5. The second-order valence-corrected chi connectivity index (χ2v) is 28.5. The number of ether oxygens (including phenoxy) is 1. The molecule has 6 nitrogen and oxygen atoms in total. The smallest absolute Gasteiger partial charge is 0.305 e. The molecule has 0 saturated heterocycles. The van der Waals surface area contributed by atoms with E-state index in [1.807, 2.05) is 0 Å². The lowest BCUT2D eigenvalue weighted by molar-refractivity contribution is -0.143. The average molecular weight is 1250 g/mol. The van der Waals surface area contributed by atoms with Gasteiger partial charge in [0.2, 0.25) is 5.91 Å². The minimum atomic E-state index is -0.663. The zero-order valence-corrected chi connectivity index (χ0v) is 60.7. The number of aliphatic hydroxyl groups excluding tert-OH is 2. The van der Waals surface area contributed by atoms with Crippen LogP contribution in [0.5, 0.6) is 0 Å². The fourth-order valence-electron chi connectivity index (χ4n) is 13.2. The third-order valence-corrected chi connectivity index (χ3v) is 19.5. The third kappa shape index (κ3) is 75.3. The van der Waals surface area contributed by atoms with Crippen LogP contribution in [0.4, 0.5) is 0 Å². The quantitative estimate of drug-likeness (QED) is 0.0320. The first-order chi connectivity index (χ1) is 44.0. The molecule has 2 atom stereocenters. The molecule has 0 saturated carbocycles. The molecule has 0 aliphatic carbocycles. The van der Waals surface area contributed by atoms with Crippen molar-refractivity contribution >= 4 is 11.9 Å². The highest BCUT2D eigenvalue weighted by Gasteiger charge is 2.20. The largest absolute Gasteiger partial charge is 0.466 e. The highest BCUT2D eigenvalue weighted by molar-refractivity contribution is 5.76. The molecule has 0 aliphatic rings. The fraction of sp³-hybridized carbons (Fsp3) is 0.928. The van der Waals surface area contributed by atoms with Crippen LogP contribution in [0.25, 0.3) is 0 Å². The topological polar surface area (TPSA) is 95.9 Å². The average Bonchev–Trinajstić information content (AvgIpc) is 3.57. The Morgan fingerprint density at radius 1 is 0.303 bits per heavy atom. The van der Waals surface area contributed by atoms with Gasteiger partial charge in [-0.3, -0.25) is 9.59 Å². The number of hydrogen-bond donors (Lipinski definition) is 3. The van der Waals surface area contributed by atoms with Gasteiger partial charge in [-0.1, -0.05) is 404 Å². The number of carbonyl (C=O) groups is 2. The number of unbranched alkanes of at least 4 members (excludes halogenated alkanes) is 63. The number of rotatable bonds is 78. The van der Waals surface area contributed by atoms with Crippen molar-refractivity contribution in [1.29, 1.82) is 0 Å². The molecule has 89 heavy (non-hydrogen) atoms. The number of carbonyl (C=O) groups excluding carboxylic acids is 2. The fourth-order valence-corrected chi connectivity index (χ4v) is 13.2. The van der Waals surface area contributed by atoms with Gasteiger partial charge >= 0.3 is 5.97 Å². The van der Waals surface area contributed by atoms with Gasteiger partial charge in [-0.2, -0.15) is 0 Å². The molecule has 0 spiro atoms. The zero-order chi connectivity index (χ0) is 64.2. The van der Waals surface area contributed by atoms with Crippen LogP contribution >= 0.6 is 0 Å². The molecule has 1 amide bonds. The molecule has 0 aromatic carbocycles. The monoisotopic (exact) mass is 1250 g/mol. The van der Waals surface area contributed by atoms with Crippen molar-refractivity contribution in [3.63, 3.8) is 0 Å². The van der Waals surface area contributed by atoms with Crippen molar-refractivity contribution in [3.05, 3.63) is 24.3 Å². The van der Waals surface area contributed by atoms with Crippen molar-refractivity contribution in [2.45, 2.75) is 482 Å². The van der Waals surface area contributed by atoms with Crippen LogP contribution in [0.3, 0.4) is 0 Å². The Labute approximate surface area is 558 Å². The summed E-state index contributed by atoms with van der Waals surface area (Å²) in [6, 6.07) is -0.540. The number of hydrogen-bond acceptors (Lipinski definition) is 5. The first-order valence-corrected chi connectivity index (χ1v) is 41.1. The molecule has 0 bridgehead atoms. The maximum absolute atomic E-state index is 12.6. The number of nitrogens with one attached hydrogen (secondary N) is 1. The number of amides is 1. The second kappa shape index (κ2) is 78.8. The highest BCUT2D eigenvalue weighted by Crippen LogP contribution is 2.20. The van der Waals surface area contributed by atoms with Crippen LogP contribution in [0, 0.1) is 0 Å². The summed E-state index contributed by atoms with van der Waals surface area (Å²) in [5.41, 5.74) is 0. The molecule has 528 valence electrons. The van der Waals surface area contributed by atoms with E-state index in [1.54, 1.807) is 0 Å². The maximum Gasteiger partial charge on any atom is 0.305 e. The van der Waals surface area contributed by atoms with Crippen LogP contribution in [0.2, 0.25) is 0 Å². The van der Waals surface area contributed by atoms with E-state index >= 15 is 0 Å². The molecule has 0 rings (SSSR count). The van der Waals surface area contributed by atoms with Crippen LogP contribution in [0.15, 0.2) is 24.3 Å². The van der Waals surface area contributed by atoms with Crippen LogP contribution < -0.4 is 5.32 Å². The van der Waals surface area contributed by atoms with Gasteiger partial charge in [-0.25, -0.2) is 0 Å². The number of allylic oxidation sites excluding steroid dienone is 4. The Kier molecular flexibility index (Phi) is 77.3. The minimum Gasteiger partial charge on any atom is -0.466 e. The molecule has 0 fully saturated rings. The molecule has 0 heterocycles. The lowest BCUT2D eigenvalue weighted by Gasteiger charge is -2.22. The summed E-state index contributed by atoms with van der Waals surface area (Å²) in [6.07, 6.45) is 101. The van der Waals surface area contributed by atoms with E-state index < -0.39 is 12.1 Å². The van der Waals surface area contributed by atoms with Gasteiger partial charge in [0.25, 0.3) is 0 Å². The molecular formula is C83H161NO5. The van der Waals surface area contributed by atoms with Gasteiger partial charge in [0.15, 0.2) is 0 Å². The summed E-state index contributed by atoms with van der Waals surface area (Å²) in [5.74, 6) is -0.00717. The van der Waals surface area contributed by atoms with Gasteiger partial charge in [0, 0.05) is 12.8 Å². The van der Waals surface area contributed by atoms with E-state index in [0.717, 1.165) is 38.5 Å². The Bertz CT molecular complexity index is 1400. The Balaban J connectivity index is 3.34. The lowest BCUT2D eigenvalue weighted by atomic mass is 10.0. The second-order valence-electron chi connectivity index (χ2n) is 28.5. The van der Waals surface area contributed by atoms with E-state index in [1.165, 1.54) is 398 Å². The van der Waals surface area contributed by atoms with E-state index in [4.69, 9.17) is 4.74 Å². The predicted molar refractivity (Wildman–Crippen MR) is 393 cm³/mol. The van der Waals surface area contributed by atoms with Crippen LogP contribution in [-0.2, 0) is 14.3 Å². The normalized spacial score (nSPS) is 12.5. The lowest BCUT2D eigenvalue weighted by Crippen LogP contribution is -2.45. The SMILES string of the molecule is CCCCCCCC/C=C\CCCCCCCCCCCC(=O)OCCCCCCCCCCCCCC/C=C\CCCCCCCCCCCCCCCCCCCC(=O)NC(CO)C(O)CCCCCCCCCCCCCCCCCCCCCC. The predicted octanol–water partition coefficient (Wildman–Crippen LogP) is 27.2. The van der Waals surface area contributed by atoms with Gasteiger partial charge < -0.3 is 20.3 Å². The van der Waals surface area contributed by atoms with Crippen molar-refractivity contribution < 1.29 is 24.5 Å². The minimum absolute atomic E-state index is 0.0194. The molecule has 0 aliphatic heterocycles. The van der Waals surface area contributed by atoms with Crippen molar-refractivity contribution in [2.75, 3.05) is 13.2 Å². The molecule has 0 aromatic heterocycles. The summed E-state index contributed by atoms with van der Waals surface area (Å²) < 4.78 is 5.52. The summed E-state index contributed by atoms with van der Waals surface area (Å²) in [7, 11) is 0. The van der Waals surface area contributed by atoms with E-state index in [9.17, 15) is 19.8 Å². The van der Waals surface area contributed by atoms with Crippen molar-refractivity contribution in [2.24, 2.45) is 0 Å². The molecule has 2 unspecified atom stereocenters. The summed E-state index contributed by atoms with van der Waals surface area (Å²) in [5, 5.41) is 23.4. The van der Waals surface area contributed by atoms with Crippen molar-refractivity contribution in [3.8, 4) is 0 Å². The van der Waals surface area contributed by atoms with E-state index in [0.29, 0.717) is 25.9 Å². The molecule has 0 aromatic rings. The van der Waals surface area contributed by atoms with Crippen LogP contribution in [0.1, 0.15) is 470 Å². The molecular weight excluding hydrogens is 1090 g/mol. The number of esters is 1. The summed E-state index contributed by atoms with van der Waals surface area (Å²) >= 11 is 0. The number of aliphatic hydroxyl groups is 2. The van der Waals surface area contributed by atoms with E-state index in [-0.39, 0.29) is 18.5 Å². The molecule has 0 radical (unpaired) electrons. The zero-order valence-electron chi connectivity index (χ0n) is 60.7. The Morgan fingerprint density at radius 2 is 0.528 bits per heavy atom. The summed E-state index contributed by atoms with van der Waals surface area (Å²) in [6.45, 7) is 5.00. The molecule has 6 heteroatoms. The van der Waals surface area contributed by atoms with Crippen LogP contribution in [-0.4, -0.2) is 47.4 Å². The van der Waals surface area contributed by atoms with Gasteiger partial charge in [-0.15, -0.1) is 0 Å². The summed E-state index contributed by atoms with van der Waals surface area (Å²) in [4.78, 5) is 24.7. The van der Waals surface area contributed by atoms with Gasteiger partial charge in [-0.05, 0) is 77.0 Å². The van der Waals surface area contributed by atoms with E-state index in [2.05, 4.69) is 43.5 Å². The Morgan fingerprint density at radius 3 is 0.798 bits per heavy atom. The first-order valence-electron chi connectivity index (χ1n) is 41.1.